The van der Waals surface area contributed by atoms with Crippen LogP contribution in [0.4, 0.5) is 0 Å². The van der Waals surface area contributed by atoms with Crippen LogP contribution in [0.25, 0.3) is 0 Å². The van der Waals surface area contributed by atoms with Crippen molar-refractivity contribution < 1.29 is 14.3 Å². The standard InChI is InChI=1S/C8H15NO3/c1-3-4-9-5-7(6-10)8(11)12-2/h6-7,9H,3-5H2,1-2H3. The largest absolute Gasteiger partial charge is 0.468 e. The lowest BCUT2D eigenvalue weighted by atomic mass is 10.2. The third-order valence-electron chi connectivity index (χ3n) is 1.46. The topological polar surface area (TPSA) is 55.4 Å². The zero-order valence-electron chi connectivity index (χ0n) is 7.50. The van der Waals surface area contributed by atoms with Gasteiger partial charge >= 0.3 is 5.97 Å². The summed E-state index contributed by atoms with van der Waals surface area (Å²) in [5.74, 6) is -1.14. The maximum absolute atomic E-state index is 10.8. The Hall–Kier alpha value is -0.900. The van der Waals surface area contributed by atoms with Crippen molar-refractivity contribution in [1.29, 1.82) is 0 Å². The van der Waals surface area contributed by atoms with Crippen LogP contribution in [0.1, 0.15) is 13.3 Å². The molecule has 0 saturated carbocycles. The van der Waals surface area contributed by atoms with Gasteiger partial charge in [0.05, 0.1) is 7.11 Å². The molecule has 1 unspecified atom stereocenters. The molecule has 0 aromatic carbocycles. The van der Waals surface area contributed by atoms with E-state index in [1.807, 2.05) is 6.92 Å². The molecule has 0 heterocycles. The maximum Gasteiger partial charge on any atom is 0.317 e. The molecule has 0 aliphatic rings. The molecule has 1 atom stereocenters. The zero-order valence-corrected chi connectivity index (χ0v) is 7.50. The molecule has 0 saturated heterocycles. The molecule has 12 heavy (non-hydrogen) atoms. The van der Waals surface area contributed by atoms with E-state index in [1.165, 1.54) is 7.11 Å². The van der Waals surface area contributed by atoms with E-state index in [0.29, 0.717) is 12.8 Å². The molecule has 0 aliphatic carbocycles. The quantitative estimate of drug-likeness (QED) is 0.265. The van der Waals surface area contributed by atoms with Gasteiger partial charge in [0, 0.05) is 6.54 Å². The molecular formula is C8H15NO3. The minimum Gasteiger partial charge on any atom is -0.468 e. The van der Waals surface area contributed by atoms with Crippen LogP contribution in [0.2, 0.25) is 0 Å². The van der Waals surface area contributed by atoms with E-state index in [2.05, 4.69) is 10.1 Å². The highest BCUT2D eigenvalue weighted by atomic mass is 16.5. The Morgan fingerprint density at radius 1 is 1.67 bits per heavy atom. The normalized spacial score (nSPS) is 12.2. The second-order valence-electron chi connectivity index (χ2n) is 2.47. The van der Waals surface area contributed by atoms with Crippen LogP contribution in [0, 0.1) is 5.92 Å². The van der Waals surface area contributed by atoms with Gasteiger partial charge in [0.25, 0.3) is 0 Å². The fraction of sp³-hybridized carbons (Fsp3) is 0.750. The van der Waals surface area contributed by atoms with Gasteiger partial charge < -0.3 is 14.8 Å². The number of rotatable bonds is 6. The summed E-state index contributed by atoms with van der Waals surface area (Å²) in [4.78, 5) is 21.2. The molecule has 0 rings (SSSR count). The predicted octanol–water partition coefficient (Wildman–Crippen LogP) is -0.0259. The van der Waals surface area contributed by atoms with Crippen LogP contribution < -0.4 is 5.32 Å². The van der Waals surface area contributed by atoms with Gasteiger partial charge in [-0.15, -0.1) is 0 Å². The first-order valence-corrected chi connectivity index (χ1v) is 4.00. The van der Waals surface area contributed by atoms with E-state index in [1.54, 1.807) is 0 Å². The number of carbonyl (C=O) groups excluding carboxylic acids is 2. The Bertz CT molecular complexity index is 147. The van der Waals surface area contributed by atoms with Crippen molar-refractivity contribution >= 4 is 12.3 Å². The fourth-order valence-corrected chi connectivity index (χ4v) is 0.773. The molecule has 4 heteroatoms. The smallest absolute Gasteiger partial charge is 0.317 e. The van der Waals surface area contributed by atoms with E-state index in [4.69, 9.17) is 0 Å². The Balaban J connectivity index is 3.67. The second kappa shape index (κ2) is 6.79. The summed E-state index contributed by atoms with van der Waals surface area (Å²) in [5, 5.41) is 2.97. The summed E-state index contributed by atoms with van der Waals surface area (Å²) in [6.45, 7) is 3.19. The highest BCUT2D eigenvalue weighted by molar-refractivity contribution is 5.87. The minimum atomic E-state index is -0.665. The zero-order chi connectivity index (χ0) is 9.40. The molecule has 0 aromatic heterocycles. The number of ether oxygens (including phenoxy) is 1. The van der Waals surface area contributed by atoms with Crippen molar-refractivity contribution in [2.75, 3.05) is 20.2 Å². The van der Waals surface area contributed by atoms with Gasteiger partial charge in [-0.3, -0.25) is 4.79 Å². The van der Waals surface area contributed by atoms with E-state index < -0.39 is 11.9 Å². The number of hydrogen-bond donors (Lipinski definition) is 1. The first-order valence-electron chi connectivity index (χ1n) is 4.00. The number of aldehydes is 1. The molecule has 0 fully saturated rings. The fourth-order valence-electron chi connectivity index (χ4n) is 0.773. The Morgan fingerprint density at radius 2 is 2.33 bits per heavy atom. The third-order valence-corrected chi connectivity index (χ3v) is 1.46. The SMILES string of the molecule is CCCNCC(C=O)C(=O)OC. The highest BCUT2D eigenvalue weighted by Crippen LogP contribution is 1.92. The maximum atomic E-state index is 10.8. The van der Waals surface area contributed by atoms with Gasteiger partial charge in [-0.05, 0) is 13.0 Å². The summed E-state index contributed by atoms with van der Waals surface area (Å²) in [6.07, 6.45) is 1.58. The number of esters is 1. The van der Waals surface area contributed by atoms with Crippen molar-refractivity contribution in [1.82, 2.24) is 5.32 Å². The van der Waals surface area contributed by atoms with Crippen LogP contribution >= 0.6 is 0 Å². The first-order chi connectivity index (χ1) is 5.76. The van der Waals surface area contributed by atoms with Gasteiger partial charge in [0.15, 0.2) is 0 Å². The van der Waals surface area contributed by atoms with Gasteiger partial charge in [-0.2, -0.15) is 0 Å². The Kier molecular flexibility index (Phi) is 6.28. The summed E-state index contributed by atoms with van der Waals surface area (Å²) in [6, 6.07) is 0. The van der Waals surface area contributed by atoms with E-state index in [9.17, 15) is 9.59 Å². The van der Waals surface area contributed by atoms with Crippen molar-refractivity contribution in [3.63, 3.8) is 0 Å². The minimum absolute atomic E-state index is 0.365. The first kappa shape index (κ1) is 11.1. The van der Waals surface area contributed by atoms with Crippen LogP contribution in [-0.2, 0) is 14.3 Å². The van der Waals surface area contributed by atoms with Crippen LogP contribution in [0.5, 0.6) is 0 Å². The second-order valence-corrected chi connectivity index (χ2v) is 2.47. The monoisotopic (exact) mass is 173 g/mol. The molecule has 0 bridgehead atoms. The molecule has 0 aliphatic heterocycles. The molecule has 70 valence electrons. The molecule has 0 aromatic rings. The van der Waals surface area contributed by atoms with Gasteiger partial charge in [0.1, 0.15) is 12.2 Å². The Morgan fingerprint density at radius 3 is 2.75 bits per heavy atom. The van der Waals surface area contributed by atoms with E-state index in [0.717, 1.165) is 13.0 Å². The summed E-state index contributed by atoms with van der Waals surface area (Å²) >= 11 is 0. The van der Waals surface area contributed by atoms with Crippen LogP contribution in [0.3, 0.4) is 0 Å². The van der Waals surface area contributed by atoms with Gasteiger partial charge in [-0.1, -0.05) is 6.92 Å². The molecule has 4 nitrogen and oxygen atoms in total. The van der Waals surface area contributed by atoms with Crippen LogP contribution in [0.15, 0.2) is 0 Å². The van der Waals surface area contributed by atoms with Crippen molar-refractivity contribution in [2.24, 2.45) is 5.92 Å². The van der Waals surface area contributed by atoms with E-state index in [-0.39, 0.29) is 0 Å². The molecule has 0 spiro atoms. The predicted molar refractivity (Wildman–Crippen MR) is 44.7 cm³/mol. The number of hydrogen-bond acceptors (Lipinski definition) is 4. The van der Waals surface area contributed by atoms with Crippen molar-refractivity contribution in [2.45, 2.75) is 13.3 Å². The summed E-state index contributed by atoms with van der Waals surface area (Å²) in [7, 11) is 1.28. The summed E-state index contributed by atoms with van der Waals surface area (Å²) < 4.78 is 4.42. The number of methoxy groups -OCH3 is 1. The lowest BCUT2D eigenvalue weighted by Crippen LogP contribution is -2.30. The average molecular weight is 173 g/mol. The lowest BCUT2D eigenvalue weighted by molar-refractivity contribution is -0.146. The average Bonchev–Trinajstić information content (AvgIpc) is 2.11. The van der Waals surface area contributed by atoms with Gasteiger partial charge in [-0.25, -0.2) is 0 Å². The highest BCUT2D eigenvalue weighted by Gasteiger charge is 2.16. The Labute approximate surface area is 72.3 Å². The van der Waals surface area contributed by atoms with Crippen molar-refractivity contribution in [3.8, 4) is 0 Å². The molecule has 0 radical (unpaired) electrons. The molecule has 1 N–H and O–H groups in total. The number of nitrogens with one attached hydrogen (secondary N) is 1. The lowest BCUT2D eigenvalue weighted by Gasteiger charge is -2.07. The third kappa shape index (κ3) is 4.08. The molecule has 0 amide bonds. The van der Waals surface area contributed by atoms with Crippen molar-refractivity contribution in [3.05, 3.63) is 0 Å². The molecular weight excluding hydrogens is 158 g/mol. The van der Waals surface area contributed by atoms with Crippen LogP contribution in [-0.4, -0.2) is 32.5 Å². The summed E-state index contributed by atoms with van der Waals surface area (Å²) in [5.41, 5.74) is 0. The van der Waals surface area contributed by atoms with Gasteiger partial charge in [0.2, 0.25) is 0 Å². The van der Waals surface area contributed by atoms with E-state index >= 15 is 0 Å². The number of carbonyl (C=O) groups is 2.